The lowest BCUT2D eigenvalue weighted by Crippen LogP contribution is -2.36. The van der Waals surface area contributed by atoms with Crippen molar-refractivity contribution in [3.05, 3.63) is 48.0 Å². The van der Waals surface area contributed by atoms with Crippen molar-refractivity contribution in [2.24, 2.45) is 0 Å². The van der Waals surface area contributed by atoms with Crippen molar-refractivity contribution in [1.29, 1.82) is 0 Å². The molecule has 0 unspecified atom stereocenters. The predicted octanol–water partition coefficient (Wildman–Crippen LogP) is 1.52. The van der Waals surface area contributed by atoms with Crippen molar-refractivity contribution in [3.8, 4) is 0 Å². The number of carbonyl (C=O) groups is 1. The lowest BCUT2D eigenvalue weighted by atomic mass is 10.2. The van der Waals surface area contributed by atoms with E-state index in [-0.39, 0.29) is 5.91 Å². The molecule has 2 aromatic rings. The molecule has 0 aliphatic carbocycles. The number of hydrogen-bond acceptors (Lipinski definition) is 4. The van der Waals surface area contributed by atoms with E-state index in [4.69, 9.17) is 4.74 Å². The van der Waals surface area contributed by atoms with Crippen LogP contribution in [0.15, 0.2) is 36.7 Å². The largest absolute Gasteiger partial charge is 0.378 e. The quantitative estimate of drug-likeness (QED) is 0.930. The number of morpholine rings is 1. The number of rotatable bonds is 4. The van der Waals surface area contributed by atoms with Crippen molar-refractivity contribution in [2.45, 2.75) is 6.54 Å². The second-order valence-electron chi connectivity index (χ2n) is 5.36. The van der Waals surface area contributed by atoms with Crippen molar-refractivity contribution < 1.29 is 9.53 Å². The number of nitrogens with one attached hydrogen (secondary N) is 1. The van der Waals surface area contributed by atoms with Crippen LogP contribution in [0.1, 0.15) is 16.2 Å². The fraction of sp³-hybridized carbons (Fsp3) is 0.375. The van der Waals surface area contributed by atoms with E-state index in [1.54, 1.807) is 18.1 Å². The SMILES string of the molecule is CN(Cc1ccc[nH]1)C(=O)c1cc(N2CCOCC2)ccn1. The molecule has 1 N–H and O–H groups in total. The Kier molecular flexibility index (Phi) is 4.39. The summed E-state index contributed by atoms with van der Waals surface area (Å²) >= 11 is 0. The summed E-state index contributed by atoms with van der Waals surface area (Å²) in [6.45, 7) is 3.66. The molecule has 0 spiro atoms. The highest BCUT2D eigenvalue weighted by atomic mass is 16.5. The van der Waals surface area contributed by atoms with Gasteiger partial charge in [-0.2, -0.15) is 0 Å². The molecule has 0 atom stereocenters. The third kappa shape index (κ3) is 3.28. The summed E-state index contributed by atoms with van der Waals surface area (Å²) in [6.07, 6.45) is 3.55. The number of nitrogens with zero attached hydrogens (tertiary/aromatic N) is 3. The summed E-state index contributed by atoms with van der Waals surface area (Å²) in [5.41, 5.74) is 2.49. The minimum absolute atomic E-state index is 0.0790. The fourth-order valence-electron chi connectivity index (χ4n) is 2.54. The van der Waals surface area contributed by atoms with Gasteiger partial charge in [0.25, 0.3) is 5.91 Å². The number of amides is 1. The lowest BCUT2D eigenvalue weighted by Gasteiger charge is -2.29. The summed E-state index contributed by atoms with van der Waals surface area (Å²) in [4.78, 5) is 23.7. The van der Waals surface area contributed by atoms with Crippen LogP contribution in [0.5, 0.6) is 0 Å². The molecule has 116 valence electrons. The van der Waals surface area contributed by atoms with Gasteiger partial charge in [-0.05, 0) is 24.3 Å². The molecule has 0 aromatic carbocycles. The average Bonchev–Trinajstić information content (AvgIpc) is 3.08. The first-order chi connectivity index (χ1) is 10.7. The maximum atomic E-state index is 12.5. The number of hydrogen-bond donors (Lipinski definition) is 1. The van der Waals surface area contributed by atoms with Gasteiger partial charge < -0.3 is 19.5 Å². The van der Waals surface area contributed by atoms with Crippen LogP contribution in [0.4, 0.5) is 5.69 Å². The Balaban J connectivity index is 1.71. The molecule has 0 radical (unpaired) electrons. The third-order valence-corrected chi connectivity index (χ3v) is 3.76. The van der Waals surface area contributed by atoms with Crippen molar-refractivity contribution >= 4 is 11.6 Å². The van der Waals surface area contributed by atoms with E-state index < -0.39 is 0 Å². The van der Waals surface area contributed by atoms with E-state index in [2.05, 4.69) is 14.9 Å². The summed E-state index contributed by atoms with van der Waals surface area (Å²) in [5.74, 6) is -0.0790. The summed E-state index contributed by atoms with van der Waals surface area (Å²) in [6, 6.07) is 7.68. The molecule has 1 aliphatic heterocycles. The van der Waals surface area contributed by atoms with Crippen molar-refractivity contribution in [1.82, 2.24) is 14.9 Å². The average molecular weight is 300 g/mol. The van der Waals surface area contributed by atoms with Gasteiger partial charge >= 0.3 is 0 Å². The molecule has 2 aromatic heterocycles. The lowest BCUT2D eigenvalue weighted by molar-refractivity contribution is 0.0778. The molecular weight excluding hydrogens is 280 g/mol. The molecule has 6 heteroatoms. The maximum absolute atomic E-state index is 12.5. The number of carbonyl (C=O) groups excluding carboxylic acids is 1. The van der Waals surface area contributed by atoms with Crippen LogP contribution >= 0.6 is 0 Å². The van der Waals surface area contributed by atoms with Crippen LogP contribution in [-0.2, 0) is 11.3 Å². The minimum atomic E-state index is -0.0790. The van der Waals surface area contributed by atoms with Crippen LogP contribution in [0.2, 0.25) is 0 Å². The van der Waals surface area contributed by atoms with E-state index in [1.807, 2.05) is 30.5 Å². The van der Waals surface area contributed by atoms with Crippen LogP contribution in [0.3, 0.4) is 0 Å². The minimum Gasteiger partial charge on any atom is -0.378 e. The van der Waals surface area contributed by atoms with Gasteiger partial charge in [0, 0.05) is 43.9 Å². The molecule has 1 aliphatic rings. The highest BCUT2D eigenvalue weighted by molar-refractivity contribution is 5.93. The molecule has 1 fully saturated rings. The molecule has 0 saturated carbocycles. The highest BCUT2D eigenvalue weighted by Gasteiger charge is 2.17. The van der Waals surface area contributed by atoms with Gasteiger partial charge in [0.1, 0.15) is 5.69 Å². The number of pyridine rings is 1. The van der Waals surface area contributed by atoms with Gasteiger partial charge in [-0.25, -0.2) is 0 Å². The Morgan fingerprint density at radius 1 is 1.41 bits per heavy atom. The molecule has 3 heterocycles. The van der Waals surface area contributed by atoms with Gasteiger partial charge in [-0.3, -0.25) is 9.78 Å². The third-order valence-electron chi connectivity index (χ3n) is 3.76. The van der Waals surface area contributed by atoms with E-state index in [0.717, 1.165) is 37.7 Å². The Bertz CT molecular complexity index is 621. The molecule has 6 nitrogen and oxygen atoms in total. The monoisotopic (exact) mass is 300 g/mol. The van der Waals surface area contributed by atoms with E-state index >= 15 is 0 Å². The topological polar surface area (TPSA) is 61.5 Å². The van der Waals surface area contributed by atoms with Crippen LogP contribution in [0.25, 0.3) is 0 Å². The maximum Gasteiger partial charge on any atom is 0.272 e. The molecule has 1 saturated heterocycles. The number of H-pyrrole nitrogens is 1. The van der Waals surface area contributed by atoms with Gasteiger partial charge in [0.15, 0.2) is 0 Å². The van der Waals surface area contributed by atoms with Gasteiger partial charge in [0.2, 0.25) is 0 Å². The summed E-state index contributed by atoms with van der Waals surface area (Å²) in [7, 11) is 1.78. The zero-order valence-corrected chi connectivity index (χ0v) is 12.7. The van der Waals surface area contributed by atoms with Crippen LogP contribution in [-0.4, -0.2) is 54.1 Å². The standard InChI is InChI=1S/C16H20N4O2/c1-19(12-13-3-2-5-17-13)16(21)15-11-14(4-6-18-15)20-7-9-22-10-8-20/h2-6,11,17H,7-10,12H2,1H3. The normalized spacial score (nSPS) is 14.9. The molecule has 22 heavy (non-hydrogen) atoms. The number of aromatic nitrogens is 2. The first kappa shape index (κ1) is 14.6. The van der Waals surface area contributed by atoms with E-state index in [0.29, 0.717) is 12.2 Å². The fourth-order valence-corrected chi connectivity index (χ4v) is 2.54. The zero-order chi connectivity index (χ0) is 15.4. The second kappa shape index (κ2) is 6.62. The number of anilines is 1. The summed E-state index contributed by atoms with van der Waals surface area (Å²) in [5, 5.41) is 0. The Morgan fingerprint density at radius 2 is 2.23 bits per heavy atom. The smallest absolute Gasteiger partial charge is 0.272 e. The summed E-state index contributed by atoms with van der Waals surface area (Å²) < 4.78 is 5.36. The second-order valence-corrected chi connectivity index (χ2v) is 5.36. The van der Waals surface area contributed by atoms with Crippen molar-refractivity contribution in [3.63, 3.8) is 0 Å². The Morgan fingerprint density at radius 3 is 2.95 bits per heavy atom. The number of aromatic amines is 1. The predicted molar refractivity (Wildman–Crippen MR) is 83.9 cm³/mol. The van der Waals surface area contributed by atoms with E-state index in [1.165, 1.54) is 0 Å². The Hall–Kier alpha value is -2.34. The molecule has 0 bridgehead atoms. The number of ether oxygens (including phenoxy) is 1. The molecule has 3 rings (SSSR count). The van der Waals surface area contributed by atoms with Gasteiger partial charge in [-0.1, -0.05) is 0 Å². The Labute approximate surface area is 129 Å². The highest BCUT2D eigenvalue weighted by Crippen LogP contribution is 2.17. The molecular formula is C16H20N4O2. The van der Waals surface area contributed by atoms with Crippen LogP contribution < -0.4 is 4.90 Å². The van der Waals surface area contributed by atoms with Gasteiger partial charge in [0.05, 0.1) is 19.8 Å². The van der Waals surface area contributed by atoms with Gasteiger partial charge in [-0.15, -0.1) is 0 Å². The zero-order valence-electron chi connectivity index (χ0n) is 12.7. The van der Waals surface area contributed by atoms with Crippen LogP contribution in [0, 0.1) is 0 Å². The molecule has 1 amide bonds. The van der Waals surface area contributed by atoms with E-state index in [9.17, 15) is 4.79 Å². The first-order valence-electron chi connectivity index (χ1n) is 7.40. The van der Waals surface area contributed by atoms with Crippen molar-refractivity contribution in [2.75, 3.05) is 38.3 Å². The first-order valence-corrected chi connectivity index (χ1v) is 7.40.